The lowest BCUT2D eigenvalue weighted by molar-refractivity contribution is 0.103. The van der Waals surface area contributed by atoms with Crippen LogP contribution in [0.3, 0.4) is 0 Å². The first-order valence-corrected chi connectivity index (χ1v) is 9.95. The fourth-order valence-electron chi connectivity index (χ4n) is 2.91. The van der Waals surface area contributed by atoms with Crippen LogP contribution in [0, 0.1) is 23.3 Å². The number of fused-ring (bicyclic) bond motifs is 1. The van der Waals surface area contributed by atoms with E-state index in [4.69, 9.17) is 0 Å². The van der Waals surface area contributed by atoms with Gasteiger partial charge in [0.05, 0.1) is 16.8 Å². The smallest absolute Gasteiger partial charge is 0.264 e. The lowest BCUT2D eigenvalue weighted by Gasteiger charge is -2.12. The number of anilines is 1. The summed E-state index contributed by atoms with van der Waals surface area (Å²) in [6.45, 7) is 0. The molecule has 0 bridgehead atoms. The predicted octanol–water partition coefficient (Wildman–Crippen LogP) is 3.55. The van der Waals surface area contributed by atoms with Gasteiger partial charge in [0, 0.05) is 23.8 Å². The molecular weight excluding hydrogens is 440 g/mol. The van der Waals surface area contributed by atoms with Gasteiger partial charge in [0.25, 0.3) is 10.0 Å². The van der Waals surface area contributed by atoms with E-state index < -0.39 is 55.2 Å². The third-order valence-corrected chi connectivity index (χ3v) is 5.74. The lowest BCUT2D eigenvalue weighted by Crippen LogP contribution is -2.17. The topological polar surface area (TPSA) is 105 Å². The van der Waals surface area contributed by atoms with E-state index in [9.17, 15) is 26.4 Å². The van der Waals surface area contributed by atoms with Crippen LogP contribution in [0.4, 0.5) is 23.2 Å². The second-order valence-electron chi connectivity index (χ2n) is 6.28. The van der Waals surface area contributed by atoms with Crippen molar-refractivity contribution in [3.05, 3.63) is 83.4 Å². The number of aromatic nitrogens is 3. The van der Waals surface area contributed by atoms with Gasteiger partial charge in [-0.25, -0.2) is 35.9 Å². The van der Waals surface area contributed by atoms with E-state index in [0.717, 1.165) is 6.07 Å². The molecule has 0 amide bonds. The summed E-state index contributed by atoms with van der Waals surface area (Å²) in [5.41, 5.74) is -1.73. The maximum atomic E-state index is 15.0. The number of sulfonamides is 1. The highest BCUT2D eigenvalue weighted by Gasteiger charge is 2.27. The van der Waals surface area contributed by atoms with Crippen LogP contribution in [0.2, 0.25) is 0 Å². The molecule has 0 aliphatic carbocycles. The van der Waals surface area contributed by atoms with E-state index in [-0.39, 0.29) is 16.6 Å². The van der Waals surface area contributed by atoms with Gasteiger partial charge >= 0.3 is 0 Å². The van der Waals surface area contributed by atoms with Crippen molar-refractivity contribution >= 4 is 32.5 Å². The van der Waals surface area contributed by atoms with Gasteiger partial charge < -0.3 is 4.98 Å². The van der Waals surface area contributed by atoms with E-state index in [1.165, 1.54) is 18.7 Å². The molecule has 4 aromatic rings. The first-order chi connectivity index (χ1) is 14.7. The molecule has 0 saturated carbocycles. The van der Waals surface area contributed by atoms with Crippen molar-refractivity contribution in [2.75, 3.05) is 4.72 Å². The van der Waals surface area contributed by atoms with Crippen LogP contribution in [0.25, 0.3) is 11.0 Å². The Morgan fingerprint density at radius 2 is 1.81 bits per heavy atom. The Hall–Kier alpha value is -3.80. The minimum absolute atomic E-state index is 0.141. The molecular formula is C19H10F4N4O3S. The lowest BCUT2D eigenvalue weighted by atomic mass is 10.0. The fraction of sp³-hybridized carbons (Fsp3) is 0. The van der Waals surface area contributed by atoms with E-state index in [2.05, 4.69) is 15.0 Å². The molecule has 0 saturated heterocycles. The number of aromatic amines is 1. The highest BCUT2D eigenvalue weighted by molar-refractivity contribution is 7.92. The molecule has 0 spiro atoms. The van der Waals surface area contributed by atoms with Crippen LogP contribution in [0.5, 0.6) is 0 Å². The maximum Gasteiger partial charge on any atom is 0.264 e. The Morgan fingerprint density at radius 1 is 1.03 bits per heavy atom. The van der Waals surface area contributed by atoms with Gasteiger partial charge in [-0.2, -0.15) is 0 Å². The second kappa shape index (κ2) is 7.47. The highest BCUT2D eigenvalue weighted by atomic mass is 32.2. The van der Waals surface area contributed by atoms with Crippen LogP contribution >= 0.6 is 0 Å². The number of carbonyl (C=O) groups excluding carboxylic acids is 1. The van der Waals surface area contributed by atoms with E-state index in [1.54, 1.807) is 4.72 Å². The zero-order chi connectivity index (χ0) is 22.3. The van der Waals surface area contributed by atoms with Crippen molar-refractivity contribution in [2.24, 2.45) is 0 Å². The molecule has 31 heavy (non-hydrogen) atoms. The number of rotatable bonds is 5. The first kappa shape index (κ1) is 20.5. The molecule has 2 aromatic carbocycles. The zero-order valence-electron chi connectivity index (χ0n) is 15.2. The normalized spacial score (nSPS) is 11.6. The SMILES string of the molecule is O=C(c1c(F)ccc(NS(=O)(=O)c2ccc(F)cc2F)c1F)c1c[nH]c2ncncc12. The largest absolute Gasteiger partial charge is 0.345 e. The number of halogens is 4. The average Bonchev–Trinajstić information content (AvgIpc) is 3.14. The van der Waals surface area contributed by atoms with Crippen LogP contribution < -0.4 is 4.72 Å². The quantitative estimate of drug-likeness (QED) is 0.358. The summed E-state index contributed by atoms with van der Waals surface area (Å²) < 4.78 is 82.9. The molecule has 2 aromatic heterocycles. The average molecular weight is 450 g/mol. The van der Waals surface area contributed by atoms with Gasteiger partial charge in [0.1, 0.15) is 34.3 Å². The number of carbonyl (C=O) groups is 1. The summed E-state index contributed by atoms with van der Waals surface area (Å²) in [4.78, 5) is 22.1. The van der Waals surface area contributed by atoms with Gasteiger partial charge in [-0.3, -0.25) is 9.52 Å². The molecule has 4 rings (SSSR count). The maximum absolute atomic E-state index is 15.0. The molecule has 0 atom stereocenters. The Kier molecular flexibility index (Phi) is 4.93. The Bertz CT molecular complexity index is 1450. The minimum Gasteiger partial charge on any atom is -0.345 e. The third kappa shape index (κ3) is 3.61. The molecule has 2 N–H and O–H groups in total. The number of benzene rings is 2. The van der Waals surface area contributed by atoms with E-state index >= 15 is 4.39 Å². The number of ketones is 1. The van der Waals surface area contributed by atoms with Crippen molar-refractivity contribution in [1.82, 2.24) is 15.0 Å². The monoisotopic (exact) mass is 450 g/mol. The molecule has 2 heterocycles. The van der Waals surface area contributed by atoms with E-state index in [1.807, 2.05) is 0 Å². The molecule has 0 radical (unpaired) electrons. The van der Waals surface area contributed by atoms with Crippen LogP contribution in [0.15, 0.2) is 53.9 Å². The minimum atomic E-state index is -4.72. The molecule has 158 valence electrons. The van der Waals surface area contributed by atoms with Crippen LogP contribution in [-0.2, 0) is 10.0 Å². The van der Waals surface area contributed by atoms with E-state index in [0.29, 0.717) is 24.3 Å². The van der Waals surface area contributed by atoms with Gasteiger partial charge in [-0.1, -0.05) is 0 Å². The summed E-state index contributed by atoms with van der Waals surface area (Å²) in [7, 11) is -4.72. The summed E-state index contributed by atoms with van der Waals surface area (Å²) >= 11 is 0. The van der Waals surface area contributed by atoms with Gasteiger partial charge in [0.2, 0.25) is 5.78 Å². The molecule has 7 nitrogen and oxygen atoms in total. The van der Waals surface area contributed by atoms with Crippen LogP contribution in [0.1, 0.15) is 15.9 Å². The number of nitrogens with zero attached hydrogens (tertiary/aromatic N) is 2. The fourth-order valence-corrected chi connectivity index (χ4v) is 4.03. The van der Waals surface area contributed by atoms with Gasteiger partial charge in [-0.05, 0) is 24.3 Å². The Balaban J connectivity index is 1.77. The first-order valence-electron chi connectivity index (χ1n) is 8.46. The van der Waals surface area contributed by atoms with Crippen molar-refractivity contribution in [2.45, 2.75) is 4.90 Å². The molecule has 0 aliphatic rings. The summed E-state index contributed by atoms with van der Waals surface area (Å²) in [6, 6.07) is 3.10. The zero-order valence-corrected chi connectivity index (χ0v) is 16.0. The van der Waals surface area contributed by atoms with Crippen molar-refractivity contribution in [1.29, 1.82) is 0 Å². The molecule has 12 heteroatoms. The number of hydrogen-bond acceptors (Lipinski definition) is 5. The van der Waals surface area contributed by atoms with Gasteiger partial charge in [0.15, 0.2) is 5.82 Å². The van der Waals surface area contributed by atoms with Crippen LogP contribution in [-0.4, -0.2) is 29.2 Å². The number of H-pyrrole nitrogens is 1. The Morgan fingerprint density at radius 3 is 2.55 bits per heavy atom. The predicted molar refractivity (Wildman–Crippen MR) is 101 cm³/mol. The molecule has 0 aliphatic heterocycles. The number of hydrogen-bond donors (Lipinski definition) is 2. The number of nitrogens with one attached hydrogen (secondary N) is 2. The summed E-state index contributed by atoms with van der Waals surface area (Å²) in [6.07, 6.45) is 3.66. The van der Waals surface area contributed by atoms with Crippen molar-refractivity contribution in [3.63, 3.8) is 0 Å². The summed E-state index contributed by atoms with van der Waals surface area (Å²) in [5.74, 6) is -6.28. The highest BCUT2D eigenvalue weighted by Crippen LogP contribution is 2.28. The standard InChI is InChI=1S/C19H10F4N4O3S/c20-9-1-4-15(13(22)5-9)31(29,30)27-14-3-2-12(21)16(17(14)23)18(28)10-7-25-19-11(10)6-24-8-26-19/h1-8,27H,(H,24,25,26). The molecule has 0 unspecified atom stereocenters. The van der Waals surface area contributed by atoms with Gasteiger partial charge in [-0.15, -0.1) is 0 Å². The third-order valence-electron chi connectivity index (χ3n) is 4.35. The van der Waals surface area contributed by atoms with Crippen molar-refractivity contribution < 1.29 is 30.8 Å². The second-order valence-corrected chi connectivity index (χ2v) is 7.93. The summed E-state index contributed by atoms with van der Waals surface area (Å²) in [5, 5.41) is 0.200. The van der Waals surface area contributed by atoms with Crippen molar-refractivity contribution in [3.8, 4) is 0 Å². The Labute approximate surface area is 171 Å². The molecule has 0 fully saturated rings.